The summed E-state index contributed by atoms with van der Waals surface area (Å²) < 4.78 is 0. The van der Waals surface area contributed by atoms with E-state index in [9.17, 15) is 0 Å². The van der Waals surface area contributed by atoms with Crippen LogP contribution in [0.4, 0.5) is 0 Å². The van der Waals surface area contributed by atoms with Gasteiger partial charge >= 0.3 is 26.2 Å². The van der Waals surface area contributed by atoms with Crippen molar-refractivity contribution in [3.8, 4) is 0 Å². The van der Waals surface area contributed by atoms with Crippen molar-refractivity contribution >= 4 is 24.8 Å². The molecule has 26 heavy (non-hydrogen) atoms. The Balaban J connectivity index is 0. The molecule has 0 aliphatic carbocycles. The second-order valence-electron chi connectivity index (χ2n) is 6.28. The number of aryl methyl sites for hydroxylation is 1. The first-order chi connectivity index (χ1) is 11.2. The molecule has 0 aliphatic rings. The molecule has 0 saturated heterocycles. The number of benzene rings is 1. The third kappa shape index (κ3) is 7.82. The molecule has 0 atom stereocenters. The minimum atomic E-state index is -0.661. The SMILES string of the molecule is CCc1c(CCCO)cc[c-]1[SiH](C)C.[Cl-].[Cl-].[Zr+4].c1ccc2[cH-]ccc2c1. The summed E-state index contributed by atoms with van der Waals surface area (Å²) in [5.74, 6) is 0. The first-order valence-electron chi connectivity index (χ1n) is 8.66. The van der Waals surface area contributed by atoms with Crippen molar-refractivity contribution in [2.45, 2.75) is 39.3 Å². The van der Waals surface area contributed by atoms with Gasteiger partial charge in [-0.1, -0.05) is 38.9 Å². The molecular formula is C21H28Cl2OSiZr. The third-order valence-electron chi connectivity index (χ3n) is 4.33. The van der Waals surface area contributed by atoms with Crippen molar-refractivity contribution in [2.75, 3.05) is 6.61 Å². The van der Waals surface area contributed by atoms with E-state index in [0.717, 1.165) is 19.3 Å². The zero-order chi connectivity index (χ0) is 16.7. The van der Waals surface area contributed by atoms with Crippen molar-refractivity contribution in [2.24, 2.45) is 0 Å². The molecule has 0 radical (unpaired) electrons. The fraction of sp³-hybridized carbons (Fsp3) is 0.333. The molecule has 1 nitrogen and oxygen atoms in total. The Morgan fingerprint density at radius 3 is 2.35 bits per heavy atom. The van der Waals surface area contributed by atoms with Crippen molar-refractivity contribution in [3.05, 3.63) is 65.7 Å². The van der Waals surface area contributed by atoms with E-state index in [0.29, 0.717) is 6.61 Å². The zero-order valence-corrected chi connectivity index (χ0v) is 20.9. The molecule has 0 heterocycles. The molecule has 1 N–H and O–H groups in total. The molecule has 3 aromatic rings. The molecule has 0 aliphatic heterocycles. The summed E-state index contributed by atoms with van der Waals surface area (Å²) in [5.41, 5.74) is 3.04. The van der Waals surface area contributed by atoms with Crippen LogP contribution >= 0.6 is 0 Å². The van der Waals surface area contributed by atoms with Crippen LogP contribution in [0.5, 0.6) is 0 Å². The zero-order valence-electron chi connectivity index (χ0n) is 15.8. The van der Waals surface area contributed by atoms with Gasteiger partial charge in [-0.15, -0.1) is 29.7 Å². The maximum atomic E-state index is 8.82. The summed E-state index contributed by atoms with van der Waals surface area (Å²) in [7, 11) is -0.661. The molecule has 3 rings (SSSR count). The maximum Gasteiger partial charge on any atom is 4.00 e. The van der Waals surface area contributed by atoms with E-state index in [2.05, 4.69) is 74.6 Å². The number of halogens is 2. The van der Waals surface area contributed by atoms with Crippen LogP contribution < -0.4 is 30.0 Å². The van der Waals surface area contributed by atoms with Crippen molar-refractivity contribution in [1.82, 2.24) is 0 Å². The number of hydrogen-bond donors (Lipinski definition) is 1. The van der Waals surface area contributed by atoms with Gasteiger partial charge in [0.15, 0.2) is 0 Å². The van der Waals surface area contributed by atoms with Crippen LogP contribution in [0.3, 0.4) is 0 Å². The van der Waals surface area contributed by atoms with Crippen LogP contribution in [-0.2, 0) is 39.0 Å². The monoisotopic (exact) mass is 484 g/mol. The fourth-order valence-electron chi connectivity index (χ4n) is 3.12. The average Bonchev–Trinajstić information content (AvgIpc) is 3.19. The van der Waals surface area contributed by atoms with E-state index in [4.69, 9.17) is 5.11 Å². The van der Waals surface area contributed by atoms with Crippen molar-refractivity contribution < 1.29 is 56.1 Å². The van der Waals surface area contributed by atoms with Crippen LogP contribution in [0.2, 0.25) is 13.1 Å². The largest absolute Gasteiger partial charge is 4.00 e. The Hall–Kier alpha value is -0.180. The normalized spacial score (nSPS) is 9.58. The second-order valence-corrected chi connectivity index (χ2v) is 9.21. The van der Waals surface area contributed by atoms with E-state index in [-0.39, 0.29) is 51.0 Å². The Morgan fingerprint density at radius 2 is 1.77 bits per heavy atom. The maximum absolute atomic E-state index is 8.82. The smallest absolute Gasteiger partial charge is 1.00 e. The van der Waals surface area contributed by atoms with Crippen LogP contribution in [0.15, 0.2) is 54.6 Å². The molecule has 3 aromatic carbocycles. The Kier molecular flexibility index (Phi) is 16.0. The molecule has 0 unspecified atom stereocenters. The van der Waals surface area contributed by atoms with Crippen LogP contribution in [0, 0.1) is 0 Å². The first-order valence-corrected chi connectivity index (χ1v) is 11.5. The topological polar surface area (TPSA) is 20.2 Å². The minimum absolute atomic E-state index is 0. The molecule has 0 spiro atoms. The Bertz CT molecular complexity index is 691. The first kappa shape index (κ1) is 28.0. The Morgan fingerprint density at radius 1 is 1.08 bits per heavy atom. The number of hydrogen-bond acceptors (Lipinski definition) is 1. The summed E-state index contributed by atoms with van der Waals surface area (Å²) in [5, 5.41) is 13.1. The predicted molar refractivity (Wildman–Crippen MR) is 105 cm³/mol. The van der Waals surface area contributed by atoms with Gasteiger partial charge < -0.3 is 29.9 Å². The van der Waals surface area contributed by atoms with Crippen LogP contribution in [0.1, 0.15) is 24.5 Å². The van der Waals surface area contributed by atoms with Crippen LogP contribution in [-0.4, -0.2) is 20.5 Å². The summed E-state index contributed by atoms with van der Waals surface area (Å²) in [6.07, 6.45) is 3.09. The second kappa shape index (κ2) is 14.8. The van der Waals surface area contributed by atoms with Gasteiger partial charge in [0.2, 0.25) is 0 Å². The molecule has 0 fully saturated rings. The van der Waals surface area contributed by atoms with Gasteiger partial charge in [-0.2, -0.15) is 39.9 Å². The van der Waals surface area contributed by atoms with Gasteiger partial charge in [0.25, 0.3) is 0 Å². The fourth-order valence-corrected chi connectivity index (χ4v) is 4.69. The molecule has 0 bridgehead atoms. The van der Waals surface area contributed by atoms with Gasteiger partial charge in [-0.25, -0.2) is 6.07 Å². The minimum Gasteiger partial charge on any atom is -1.00 e. The molecule has 140 valence electrons. The van der Waals surface area contributed by atoms with Gasteiger partial charge in [0, 0.05) is 15.4 Å². The van der Waals surface area contributed by atoms with Crippen LogP contribution in [0.25, 0.3) is 10.8 Å². The summed E-state index contributed by atoms with van der Waals surface area (Å²) >= 11 is 0. The summed E-state index contributed by atoms with van der Waals surface area (Å²) in [4.78, 5) is 0. The third-order valence-corrected chi connectivity index (χ3v) is 6.11. The van der Waals surface area contributed by atoms with Gasteiger partial charge in [0.1, 0.15) is 0 Å². The molecule has 0 saturated carbocycles. The van der Waals surface area contributed by atoms with E-state index < -0.39 is 8.80 Å². The molecule has 0 amide bonds. The Labute approximate surface area is 191 Å². The number of aliphatic hydroxyl groups is 1. The van der Waals surface area contributed by atoms with Gasteiger partial charge in [-0.05, 0) is 6.42 Å². The van der Waals surface area contributed by atoms with E-state index in [1.807, 2.05) is 0 Å². The molecule has 0 aromatic heterocycles. The van der Waals surface area contributed by atoms with E-state index in [1.165, 1.54) is 16.3 Å². The molecular weight excluding hydrogens is 458 g/mol. The predicted octanol–water partition coefficient (Wildman–Crippen LogP) is -1.85. The molecule has 5 heteroatoms. The van der Waals surface area contributed by atoms with Gasteiger partial charge in [0.05, 0.1) is 0 Å². The van der Waals surface area contributed by atoms with Gasteiger partial charge in [-0.3, -0.25) is 0 Å². The summed E-state index contributed by atoms with van der Waals surface area (Å²) in [6.45, 7) is 7.30. The number of rotatable bonds is 5. The standard InChI is InChI=1S/C12H21OSi.C9H7.2ClH.Zr/c1-4-11-10(6-5-9-13)7-8-12(11)14(2)3;1-2-5-9-7-3-6-8(9)4-1;;;/h7-8,13-14H,4-6,9H2,1-3H3;1-7H;2*1H;/q2*-1;;;+4/p-2. The van der Waals surface area contributed by atoms with Crippen molar-refractivity contribution in [1.29, 1.82) is 0 Å². The van der Waals surface area contributed by atoms with Crippen molar-refractivity contribution in [3.63, 3.8) is 0 Å². The number of aliphatic hydroxyl groups excluding tert-OH is 1. The summed E-state index contributed by atoms with van der Waals surface area (Å²) in [6, 6.07) is 19.2. The number of fused-ring (bicyclic) bond motifs is 1. The quantitative estimate of drug-likeness (QED) is 0.332. The average molecular weight is 487 g/mol. The van der Waals surface area contributed by atoms with E-state index >= 15 is 0 Å². The van der Waals surface area contributed by atoms with E-state index in [1.54, 1.807) is 10.8 Å².